The fraction of sp³-hybridized carbons (Fsp3) is 0. The second-order valence-corrected chi connectivity index (χ2v) is 0. The monoisotopic (exact) mass is 462 g/mol. The maximum Gasteiger partial charge on any atom is 0 e. The largest absolute Gasteiger partial charge is 0 e. The number of hydrogen-bond donors (Lipinski definition) is 0. The molecule has 4 heavy (non-hydrogen) atoms. The first-order valence-electron chi connectivity index (χ1n) is 0. The van der Waals surface area contributed by atoms with E-state index >= 15 is 0 Å². The van der Waals surface area contributed by atoms with Gasteiger partial charge in [0.05, 0.1) is 0 Å². The second kappa shape index (κ2) is 15.9. The molecule has 0 rings (SSSR count). The molecule has 0 aliphatic heterocycles. The van der Waals surface area contributed by atoms with Crippen LogP contribution in [0, 0.1) is 41.7 Å². The van der Waals surface area contributed by atoms with E-state index in [0.717, 1.165) is 0 Å². The number of rotatable bonds is 0. The van der Waals surface area contributed by atoms with E-state index in [0.29, 0.717) is 0 Å². The molecule has 0 aromatic carbocycles. The van der Waals surface area contributed by atoms with Crippen molar-refractivity contribution in [2.45, 2.75) is 0 Å². The summed E-state index contributed by atoms with van der Waals surface area (Å²) in [6.07, 6.45) is 0. The molecule has 0 unspecified atom stereocenters. The average Bonchev–Trinajstić information content (AvgIpc) is 0. The van der Waals surface area contributed by atoms with Gasteiger partial charge in [-0.2, -0.15) is 0 Å². The van der Waals surface area contributed by atoms with Crippen LogP contribution in [0.15, 0.2) is 0 Å². The van der Waals surface area contributed by atoms with Gasteiger partial charge in [-0.15, -0.1) is 0 Å². The zero-order valence-electron chi connectivity index (χ0n) is 1.91. The van der Waals surface area contributed by atoms with Crippen LogP contribution in [0.2, 0.25) is 0 Å². The molecule has 0 saturated carbocycles. The molecule has 0 aromatic heterocycles. The summed E-state index contributed by atoms with van der Waals surface area (Å²) < 4.78 is 0. The van der Waals surface area contributed by atoms with Gasteiger partial charge in [0.1, 0.15) is 0 Å². The Morgan fingerprint density at radius 2 is 1.00 bits per heavy atom. The predicted octanol–water partition coefficient (Wildman–Crippen LogP) is -0.00750. The van der Waals surface area contributed by atoms with Crippen LogP contribution >= 0.6 is 0 Å². The van der Waals surface area contributed by atoms with Gasteiger partial charge in [-0.1, -0.05) is 0 Å². The van der Waals surface area contributed by atoms with Crippen molar-refractivity contribution in [1.82, 2.24) is 0 Å². The van der Waals surface area contributed by atoms with Gasteiger partial charge in [0.2, 0.25) is 0 Å². The van der Waals surface area contributed by atoms with Crippen molar-refractivity contribution in [3.8, 4) is 0 Å². The van der Waals surface area contributed by atoms with E-state index in [9.17, 15) is 0 Å². The maximum atomic E-state index is 0. The quantitative estimate of drug-likeness (QED) is 0.444. The summed E-state index contributed by atoms with van der Waals surface area (Å²) in [6, 6.07) is 0. The number of hydrogen-bond acceptors (Lipinski definition) is 0. The Hall–Kier alpha value is 3.66. The van der Waals surface area contributed by atoms with Crippen LogP contribution in [0.1, 0.15) is 0 Å². The van der Waals surface area contributed by atoms with Gasteiger partial charge in [-0.05, 0) is 0 Å². The minimum absolute atomic E-state index is 0. The van der Waals surface area contributed by atoms with E-state index in [2.05, 4.69) is 0 Å². The van der Waals surface area contributed by atoms with Crippen molar-refractivity contribution >= 4 is 0 Å². The van der Waals surface area contributed by atoms with Crippen LogP contribution in [0.25, 0.3) is 0 Å². The summed E-state index contributed by atoms with van der Waals surface area (Å²) in [4.78, 5) is 0. The summed E-state index contributed by atoms with van der Waals surface area (Å²) >= 11 is 0. The van der Waals surface area contributed by atoms with Crippen LogP contribution in [0.5, 0.6) is 0 Å². The first-order chi connectivity index (χ1) is 0. The van der Waals surface area contributed by atoms with Crippen LogP contribution < -0.4 is 0 Å². The summed E-state index contributed by atoms with van der Waals surface area (Å²) in [5.74, 6) is 0. The topological polar surface area (TPSA) is 0 Å². The van der Waals surface area contributed by atoms with Gasteiger partial charge in [0.25, 0.3) is 0 Å². The molecule has 0 N–H and O–H groups in total. The third-order valence-corrected chi connectivity index (χ3v) is 0. The molecule has 18 valence electrons. The van der Waals surface area contributed by atoms with E-state index in [-0.39, 0.29) is 111 Å². The zero-order valence-corrected chi connectivity index (χ0v) is 12.0. The minimum Gasteiger partial charge on any atom is 0 e. The van der Waals surface area contributed by atoms with Crippen molar-refractivity contribution in [2.75, 3.05) is 0 Å². The van der Waals surface area contributed by atoms with E-state index in [1.54, 1.807) is 0 Å². The Bertz CT molecular complexity index is 8.00. The Labute approximate surface area is 108 Å². The Kier molecular flexibility index (Phi) is 101. The fourth-order valence-corrected chi connectivity index (χ4v) is 0. The SMILES string of the molecule is [Ce].[Ti].[W].[Zr]. The molecule has 4 heteroatoms. The summed E-state index contributed by atoms with van der Waals surface area (Å²) in [5.41, 5.74) is 0. The molecule has 0 saturated heterocycles. The Morgan fingerprint density at radius 1 is 1.00 bits per heavy atom. The second-order valence-electron chi connectivity index (χ2n) is 0. The van der Waals surface area contributed by atoms with Crippen molar-refractivity contribution in [2.24, 2.45) is 0 Å². The van der Waals surface area contributed by atoms with Gasteiger partial charge in [0.15, 0.2) is 0 Å². The smallest absolute Gasteiger partial charge is 0 e. The third-order valence-electron chi connectivity index (χ3n) is 0. The van der Waals surface area contributed by atoms with Gasteiger partial charge in [0, 0.05) is 111 Å². The zero-order chi connectivity index (χ0) is 0. The van der Waals surface area contributed by atoms with Crippen molar-refractivity contribution in [3.05, 3.63) is 0 Å². The van der Waals surface area contributed by atoms with E-state index in [4.69, 9.17) is 0 Å². The molecular formula is CeTiWZr. The van der Waals surface area contributed by atoms with Crippen molar-refractivity contribution in [1.29, 1.82) is 0 Å². The van der Waals surface area contributed by atoms with E-state index in [1.165, 1.54) is 0 Å². The molecule has 0 aliphatic rings. The summed E-state index contributed by atoms with van der Waals surface area (Å²) in [7, 11) is 0. The van der Waals surface area contributed by atoms with Crippen LogP contribution in [-0.2, 0) is 69.0 Å². The minimum atomic E-state index is 0. The molecule has 0 heterocycles. The molecular weight excluding hydrogens is 463 g/mol. The van der Waals surface area contributed by atoms with Crippen LogP contribution in [0.4, 0.5) is 0 Å². The average molecular weight is 463 g/mol. The predicted molar refractivity (Wildman–Crippen MR) is 0 cm³/mol. The van der Waals surface area contributed by atoms with Crippen LogP contribution in [0.3, 0.4) is 0 Å². The van der Waals surface area contributed by atoms with Gasteiger partial charge < -0.3 is 0 Å². The molecule has 0 nitrogen and oxygen atoms in total. The molecule has 0 spiro atoms. The molecule has 0 bridgehead atoms. The molecule has 0 atom stereocenters. The maximum absolute atomic E-state index is 0. The van der Waals surface area contributed by atoms with Gasteiger partial charge in [-0.3, -0.25) is 0 Å². The molecule has 0 radical (unpaired) electrons. The van der Waals surface area contributed by atoms with E-state index < -0.39 is 0 Å². The molecule has 0 fully saturated rings. The van der Waals surface area contributed by atoms with Crippen LogP contribution in [-0.4, -0.2) is 0 Å². The Balaban J connectivity index is 0. The fourth-order valence-electron chi connectivity index (χ4n) is 0. The van der Waals surface area contributed by atoms with Crippen molar-refractivity contribution in [3.63, 3.8) is 0 Å². The third kappa shape index (κ3) is 9.18. The first kappa shape index (κ1) is 25.4. The Morgan fingerprint density at radius 3 is 1.00 bits per heavy atom. The molecule has 0 amide bonds. The standard InChI is InChI=1S/Ce.Ti.W.Zr. The first-order valence-corrected chi connectivity index (χ1v) is 0. The van der Waals surface area contributed by atoms with Gasteiger partial charge >= 0.3 is 0 Å². The molecule has 0 aromatic rings. The van der Waals surface area contributed by atoms with E-state index in [1.807, 2.05) is 0 Å². The van der Waals surface area contributed by atoms with Crippen molar-refractivity contribution < 1.29 is 111 Å². The molecule has 0 aliphatic carbocycles. The summed E-state index contributed by atoms with van der Waals surface area (Å²) in [6.45, 7) is 0. The van der Waals surface area contributed by atoms with Gasteiger partial charge in [-0.25, -0.2) is 0 Å². The normalized spacial score (nSPS) is 0. The summed E-state index contributed by atoms with van der Waals surface area (Å²) in [5, 5.41) is 0.